The molecule has 0 bridgehead atoms. The fraction of sp³-hybridized carbons (Fsp3) is 0. The van der Waals surface area contributed by atoms with E-state index < -0.39 is 21.8 Å². The molecule has 0 aromatic heterocycles. The molecular weight excluding hydrogens is 317 g/mol. The van der Waals surface area contributed by atoms with Crippen LogP contribution in [0.15, 0.2) is 0 Å². The van der Waals surface area contributed by atoms with Gasteiger partial charge in [-0.25, -0.2) is 0 Å². The Balaban J connectivity index is 0. The van der Waals surface area contributed by atoms with Crippen LogP contribution in [0.25, 0.3) is 0 Å². The third-order valence-electron chi connectivity index (χ3n) is 0. The van der Waals surface area contributed by atoms with Crippen LogP contribution >= 0.6 is 16.6 Å². The van der Waals surface area contributed by atoms with Crippen molar-refractivity contribution in [1.82, 2.24) is 0 Å². The van der Waals surface area contributed by atoms with E-state index >= 15 is 0 Å². The smallest absolute Gasteiger partial charge is 0 e. The molecule has 0 aliphatic rings. The third kappa shape index (κ3) is 8.93. The summed E-state index contributed by atoms with van der Waals surface area (Å²) in [4.78, 5) is 0. The standard InChI is InChI=1S/2ClH.K.Pb/h2*1H;;/q;;;+2/p-2. The van der Waals surface area contributed by atoms with Gasteiger partial charge in [-0.1, -0.05) is 0 Å². The van der Waals surface area contributed by atoms with Gasteiger partial charge in [-0.15, -0.1) is 0 Å². The molecule has 4 heteroatoms. The van der Waals surface area contributed by atoms with Crippen LogP contribution in [-0.2, 0) is 0 Å². The number of halogens is 2. The first-order valence-electron chi connectivity index (χ1n) is 0.378. The molecular formula is Cl2KPb. The molecule has 0 aromatic rings. The zero-order valence-electron chi connectivity index (χ0n) is 2.26. The van der Waals surface area contributed by atoms with E-state index in [4.69, 9.17) is 16.6 Å². The second kappa shape index (κ2) is 9.46. The minimum absolute atomic E-state index is 0. The van der Waals surface area contributed by atoms with Crippen molar-refractivity contribution in [2.45, 2.75) is 0 Å². The third-order valence-corrected chi connectivity index (χ3v) is 0. The Morgan fingerprint density at radius 2 is 1.25 bits per heavy atom. The van der Waals surface area contributed by atoms with Crippen molar-refractivity contribution < 1.29 is 0 Å². The Hall–Kier alpha value is 3.14. The van der Waals surface area contributed by atoms with E-state index in [2.05, 4.69) is 0 Å². The molecule has 3 radical (unpaired) electrons. The normalized spacial score (nSPS) is 4.50. The molecule has 0 saturated carbocycles. The fourth-order valence-electron chi connectivity index (χ4n) is 0. The zero-order valence-corrected chi connectivity index (χ0v) is 10.8. The first-order valence-corrected chi connectivity index (χ1v) is 9.95. The molecule has 0 atom stereocenters. The van der Waals surface area contributed by atoms with Gasteiger partial charge in [-0.05, 0) is 0 Å². The Bertz CT molecular complexity index is 6.00. The van der Waals surface area contributed by atoms with Crippen LogP contribution in [0.3, 0.4) is 0 Å². The van der Waals surface area contributed by atoms with Gasteiger partial charge >= 0.3 is 38.4 Å². The first kappa shape index (κ1) is 10.2. The minimum atomic E-state index is -0.972. The van der Waals surface area contributed by atoms with E-state index in [1.807, 2.05) is 0 Å². The van der Waals surface area contributed by atoms with Crippen molar-refractivity contribution in [2.75, 3.05) is 0 Å². The topological polar surface area (TPSA) is 0 Å². The Morgan fingerprint density at radius 3 is 1.25 bits per heavy atom. The molecule has 0 spiro atoms. The molecule has 0 heterocycles. The molecule has 0 aliphatic heterocycles. The molecule has 0 saturated heterocycles. The van der Waals surface area contributed by atoms with Crippen molar-refractivity contribution in [3.8, 4) is 0 Å². The van der Waals surface area contributed by atoms with Gasteiger partial charge in [0.2, 0.25) is 0 Å². The zero-order chi connectivity index (χ0) is 2.71. The molecule has 0 rings (SSSR count). The summed E-state index contributed by atoms with van der Waals surface area (Å²) in [7, 11) is 9.92. The van der Waals surface area contributed by atoms with Crippen molar-refractivity contribution >= 4 is 89.8 Å². The Morgan fingerprint density at radius 1 is 1.25 bits per heavy atom. The summed E-state index contributed by atoms with van der Waals surface area (Å²) in [6.45, 7) is 0. The van der Waals surface area contributed by atoms with Crippen molar-refractivity contribution in [1.29, 1.82) is 0 Å². The van der Waals surface area contributed by atoms with Gasteiger partial charge in [0.15, 0.2) is 0 Å². The predicted molar refractivity (Wildman–Crippen MR) is 23.2 cm³/mol. The number of hydrogen-bond donors (Lipinski definition) is 0. The van der Waals surface area contributed by atoms with Crippen molar-refractivity contribution in [3.05, 3.63) is 0 Å². The van der Waals surface area contributed by atoms with Crippen molar-refractivity contribution in [3.63, 3.8) is 0 Å². The molecule has 0 aliphatic carbocycles. The largest absolute Gasteiger partial charge is 0 e. The summed E-state index contributed by atoms with van der Waals surface area (Å²) >= 11 is -0.972. The van der Waals surface area contributed by atoms with Gasteiger partial charge in [0.1, 0.15) is 0 Å². The maximum Gasteiger partial charge on any atom is 0 e. The fourth-order valence-corrected chi connectivity index (χ4v) is 0. The van der Waals surface area contributed by atoms with E-state index in [-0.39, 0.29) is 51.4 Å². The molecule has 0 fully saturated rings. The van der Waals surface area contributed by atoms with Crippen LogP contribution < -0.4 is 0 Å². The Kier molecular flexibility index (Phi) is 24.1. The average molecular weight is 317 g/mol. The summed E-state index contributed by atoms with van der Waals surface area (Å²) in [6, 6.07) is 0. The summed E-state index contributed by atoms with van der Waals surface area (Å²) in [5.74, 6) is 0. The quantitative estimate of drug-likeness (QED) is 0.575. The van der Waals surface area contributed by atoms with Crippen LogP contribution in [0.4, 0.5) is 0 Å². The molecule has 0 N–H and O–H groups in total. The summed E-state index contributed by atoms with van der Waals surface area (Å²) in [6.07, 6.45) is 0. The average Bonchev–Trinajstić information content (AvgIpc) is 0.918. The van der Waals surface area contributed by atoms with E-state index in [1.165, 1.54) is 0 Å². The first-order chi connectivity index (χ1) is 1.41. The number of hydrogen-bond acceptors (Lipinski definition) is 0. The van der Waals surface area contributed by atoms with Crippen LogP contribution in [0.5, 0.6) is 0 Å². The molecule has 0 amide bonds. The summed E-state index contributed by atoms with van der Waals surface area (Å²) in [5, 5.41) is 0. The summed E-state index contributed by atoms with van der Waals surface area (Å²) < 4.78 is 0. The number of rotatable bonds is 0. The van der Waals surface area contributed by atoms with Crippen LogP contribution in [0.1, 0.15) is 0 Å². The van der Waals surface area contributed by atoms with Crippen LogP contribution in [0.2, 0.25) is 0 Å². The van der Waals surface area contributed by atoms with Gasteiger partial charge in [-0.2, -0.15) is 0 Å². The van der Waals surface area contributed by atoms with E-state index in [1.54, 1.807) is 0 Å². The van der Waals surface area contributed by atoms with E-state index in [0.29, 0.717) is 0 Å². The molecule has 0 nitrogen and oxygen atoms in total. The van der Waals surface area contributed by atoms with Crippen LogP contribution in [0, 0.1) is 0 Å². The van der Waals surface area contributed by atoms with Gasteiger partial charge < -0.3 is 0 Å². The van der Waals surface area contributed by atoms with E-state index in [0.717, 1.165) is 0 Å². The Labute approximate surface area is 87.2 Å². The van der Waals surface area contributed by atoms with Crippen LogP contribution in [-0.4, -0.2) is 73.2 Å². The molecule has 4 heavy (non-hydrogen) atoms. The molecule has 19 valence electrons. The maximum absolute atomic E-state index is 4.96. The van der Waals surface area contributed by atoms with Gasteiger partial charge in [0.25, 0.3) is 0 Å². The van der Waals surface area contributed by atoms with Gasteiger partial charge in [-0.3, -0.25) is 0 Å². The van der Waals surface area contributed by atoms with Gasteiger partial charge in [0.05, 0.1) is 0 Å². The predicted octanol–water partition coefficient (Wildman–Crippen LogP) is 0.617. The van der Waals surface area contributed by atoms with E-state index in [9.17, 15) is 0 Å². The second-order valence-electron chi connectivity index (χ2n) is 0.0714. The van der Waals surface area contributed by atoms with Crippen molar-refractivity contribution in [2.24, 2.45) is 0 Å². The second-order valence-corrected chi connectivity index (χ2v) is 5.64. The SMILES string of the molecule is [Cl][Pb][Cl].[K]. The minimum Gasteiger partial charge on any atom is 0 e. The molecule has 0 unspecified atom stereocenters. The summed E-state index contributed by atoms with van der Waals surface area (Å²) in [5.41, 5.74) is 0. The maximum atomic E-state index is 4.96. The monoisotopic (exact) mass is 317 g/mol. The van der Waals surface area contributed by atoms with Gasteiger partial charge in [0, 0.05) is 51.4 Å². The molecule has 0 aromatic carbocycles.